The summed E-state index contributed by atoms with van der Waals surface area (Å²) in [7, 11) is 0. The minimum Gasteiger partial charge on any atom is -0.364 e. The number of pyridine rings is 1. The van der Waals surface area contributed by atoms with Gasteiger partial charge in [-0.25, -0.2) is 4.98 Å². The second-order valence-corrected chi connectivity index (χ2v) is 6.54. The van der Waals surface area contributed by atoms with Gasteiger partial charge in [-0.2, -0.15) is 31.6 Å². The molecule has 31 heavy (non-hydrogen) atoms. The maximum atomic E-state index is 13.5. The second kappa shape index (κ2) is 8.05. The molecule has 0 unspecified atom stereocenters. The molecule has 0 fully saturated rings. The van der Waals surface area contributed by atoms with E-state index in [1.54, 1.807) is 12.1 Å². The summed E-state index contributed by atoms with van der Waals surface area (Å²) >= 11 is 0. The average Bonchev–Trinajstić information content (AvgIpc) is 3.02. The molecule has 0 saturated carbocycles. The van der Waals surface area contributed by atoms with E-state index in [0.717, 1.165) is 12.1 Å². The molecule has 3 aromatic rings. The van der Waals surface area contributed by atoms with Crippen molar-refractivity contribution >= 4 is 17.1 Å². The number of alkyl halides is 6. The number of nitriles is 1. The fourth-order valence-electron chi connectivity index (χ4n) is 3.06. The largest absolute Gasteiger partial charge is 0.416 e. The Kier molecular flexibility index (Phi) is 5.80. The Balaban J connectivity index is 2.14. The molecular weight excluding hydrogens is 428 g/mol. The van der Waals surface area contributed by atoms with Crippen LogP contribution >= 0.6 is 0 Å². The van der Waals surface area contributed by atoms with E-state index in [-0.39, 0.29) is 17.3 Å². The molecule has 2 N–H and O–H groups in total. The molecular formula is C20H13F6N3O2. The van der Waals surface area contributed by atoms with E-state index in [9.17, 15) is 36.6 Å². The summed E-state index contributed by atoms with van der Waals surface area (Å²) in [4.78, 5) is 4.09. The summed E-state index contributed by atoms with van der Waals surface area (Å²) in [5.41, 5.74) is -3.20. The molecule has 0 bridgehead atoms. The average molecular weight is 441 g/mol. The summed E-state index contributed by atoms with van der Waals surface area (Å²) in [6.07, 6.45) is -8.18. The van der Waals surface area contributed by atoms with Crippen molar-refractivity contribution in [3.05, 3.63) is 70.6 Å². The predicted molar refractivity (Wildman–Crippen MR) is 97.1 cm³/mol. The van der Waals surface area contributed by atoms with Crippen molar-refractivity contribution in [1.82, 2.24) is 9.55 Å². The zero-order valence-electron chi connectivity index (χ0n) is 15.4. The van der Waals surface area contributed by atoms with Crippen molar-refractivity contribution in [2.75, 3.05) is 0 Å². The minimum absolute atomic E-state index is 0.0607. The third-order valence-electron chi connectivity index (χ3n) is 4.47. The van der Waals surface area contributed by atoms with E-state index in [1.165, 1.54) is 23.0 Å². The van der Waals surface area contributed by atoms with Gasteiger partial charge < -0.3 is 14.8 Å². The first-order chi connectivity index (χ1) is 14.4. The summed E-state index contributed by atoms with van der Waals surface area (Å²) < 4.78 is 80.3. The molecule has 0 aliphatic carbocycles. The summed E-state index contributed by atoms with van der Waals surface area (Å²) in [5.74, 6) is 0. The highest BCUT2D eigenvalue weighted by Gasteiger charge is 2.38. The van der Waals surface area contributed by atoms with Crippen LogP contribution in [0.4, 0.5) is 26.3 Å². The lowest BCUT2D eigenvalue weighted by Gasteiger charge is -2.16. The van der Waals surface area contributed by atoms with E-state index < -0.39 is 47.5 Å². The van der Waals surface area contributed by atoms with Crippen molar-refractivity contribution < 1.29 is 36.6 Å². The van der Waals surface area contributed by atoms with Crippen LogP contribution in [-0.4, -0.2) is 26.1 Å². The van der Waals surface area contributed by atoms with E-state index in [2.05, 4.69) is 4.98 Å². The van der Waals surface area contributed by atoms with E-state index in [4.69, 9.17) is 5.26 Å². The number of benzene rings is 1. The molecule has 0 aliphatic rings. The maximum Gasteiger partial charge on any atom is 0.416 e. The second-order valence-electron chi connectivity index (χ2n) is 6.54. The van der Waals surface area contributed by atoms with Gasteiger partial charge in [0, 0.05) is 29.9 Å². The third kappa shape index (κ3) is 4.70. The van der Waals surface area contributed by atoms with Crippen LogP contribution in [0.25, 0.3) is 17.1 Å². The van der Waals surface area contributed by atoms with E-state index in [1.807, 2.05) is 0 Å². The van der Waals surface area contributed by atoms with Crippen LogP contribution in [-0.2, 0) is 18.9 Å². The van der Waals surface area contributed by atoms with Crippen LogP contribution in [0.15, 0.2) is 48.3 Å². The third-order valence-corrected chi connectivity index (χ3v) is 4.47. The number of rotatable bonds is 4. The number of hydrogen-bond donors (Lipinski definition) is 2. The summed E-state index contributed by atoms with van der Waals surface area (Å²) in [6.45, 7) is -0.460. The lowest BCUT2D eigenvalue weighted by Crippen LogP contribution is -2.15. The molecule has 0 atom stereocenters. The Morgan fingerprint density at radius 2 is 1.84 bits per heavy atom. The molecule has 0 amide bonds. The zero-order chi connectivity index (χ0) is 23.0. The number of aromatic nitrogens is 2. The Hall–Kier alpha value is -3.36. The van der Waals surface area contributed by atoms with Gasteiger partial charge in [-0.1, -0.05) is 6.07 Å². The summed E-state index contributed by atoms with van der Waals surface area (Å²) in [6, 6.07) is 6.08. The van der Waals surface area contributed by atoms with Crippen molar-refractivity contribution in [2.45, 2.75) is 25.2 Å². The van der Waals surface area contributed by atoms with Gasteiger partial charge in [-0.15, -0.1) is 0 Å². The molecule has 0 radical (unpaired) electrons. The molecule has 2 aromatic heterocycles. The van der Waals surface area contributed by atoms with E-state index >= 15 is 0 Å². The standard InChI is InChI=1S/C20H13F6N3O2/c21-19(22,23)14-4-3-11(16(7-14)20(24,25)26)9-29-10-13(6-12(8-27)18(30)31)15-2-1-5-28-17(15)29/h1-7,10,18,30-31H,9H2/b12-6+. The Morgan fingerprint density at radius 1 is 1.13 bits per heavy atom. The first-order valence-electron chi connectivity index (χ1n) is 8.61. The lowest BCUT2D eigenvalue weighted by atomic mass is 10.0. The minimum atomic E-state index is -5.02. The quantitative estimate of drug-likeness (QED) is 0.359. The number of hydrogen-bond acceptors (Lipinski definition) is 4. The van der Waals surface area contributed by atoms with Crippen LogP contribution in [0.2, 0.25) is 0 Å². The summed E-state index contributed by atoms with van der Waals surface area (Å²) in [5, 5.41) is 27.9. The topological polar surface area (TPSA) is 82.1 Å². The van der Waals surface area contributed by atoms with Gasteiger partial charge in [0.2, 0.25) is 0 Å². The van der Waals surface area contributed by atoms with Crippen molar-refractivity contribution in [3.63, 3.8) is 0 Å². The van der Waals surface area contributed by atoms with Crippen LogP contribution < -0.4 is 0 Å². The Bertz CT molecular complexity index is 1190. The highest BCUT2D eigenvalue weighted by atomic mass is 19.4. The zero-order valence-corrected chi connectivity index (χ0v) is 15.4. The lowest BCUT2D eigenvalue weighted by molar-refractivity contribution is -0.143. The SMILES string of the molecule is N#C/C(=C\c1cn(Cc2ccc(C(F)(F)F)cc2C(F)(F)F)c2ncccc12)C(O)O. The molecule has 1 aromatic carbocycles. The van der Waals surface area contributed by atoms with Crippen molar-refractivity contribution in [2.24, 2.45) is 0 Å². The van der Waals surface area contributed by atoms with Gasteiger partial charge in [0.1, 0.15) is 11.7 Å². The molecule has 5 nitrogen and oxygen atoms in total. The number of aliphatic hydroxyl groups is 2. The van der Waals surface area contributed by atoms with Crippen molar-refractivity contribution in [3.8, 4) is 6.07 Å². The van der Waals surface area contributed by atoms with Crippen molar-refractivity contribution in [1.29, 1.82) is 5.26 Å². The first kappa shape index (κ1) is 22.3. The molecule has 162 valence electrons. The maximum absolute atomic E-state index is 13.5. The molecule has 0 aliphatic heterocycles. The number of halogens is 6. The van der Waals surface area contributed by atoms with Crippen LogP contribution in [0.1, 0.15) is 22.3 Å². The molecule has 0 saturated heterocycles. The number of nitrogens with zero attached hydrogens (tertiary/aromatic N) is 3. The van der Waals surface area contributed by atoms with Gasteiger partial charge in [0.15, 0.2) is 6.29 Å². The molecule has 3 rings (SSSR count). The monoisotopic (exact) mass is 441 g/mol. The van der Waals surface area contributed by atoms with Crippen LogP contribution in [0, 0.1) is 11.3 Å². The van der Waals surface area contributed by atoms with Gasteiger partial charge in [-0.3, -0.25) is 0 Å². The fraction of sp³-hybridized carbons (Fsp3) is 0.200. The van der Waals surface area contributed by atoms with Gasteiger partial charge in [0.05, 0.1) is 16.7 Å². The number of fused-ring (bicyclic) bond motifs is 1. The fourth-order valence-corrected chi connectivity index (χ4v) is 3.06. The first-order valence-corrected chi connectivity index (χ1v) is 8.61. The highest BCUT2D eigenvalue weighted by Crippen LogP contribution is 2.38. The van der Waals surface area contributed by atoms with Gasteiger partial charge >= 0.3 is 12.4 Å². The van der Waals surface area contributed by atoms with Crippen LogP contribution in [0.5, 0.6) is 0 Å². The molecule has 11 heteroatoms. The van der Waals surface area contributed by atoms with E-state index in [0.29, 0.717) is 11.5 Å². The molecule has 2 heterocycles. The van der Waals surface area contributed by atoms with Gasteiger partial charge in [0.25, 0.3) is 0 Å². The van der Waals surface area contributed by atoms with Gasteiger partial charge in [-0.05, 0) is 35.9 Å². The van der Waals surface area contributed by atoms with Crippen LogP contribution in [0.3, 0.4) is 0 Å². The highest BCUT2D eigenvalue weighted by molar-refractivity contribution is 5.87. The molecule has 0 spiro atoms. The number of aliphatic hydroxyl groups excluding tert-OH is 1. The Morgan fingerprint density at radius 3 is 2.42 bits per heavy atom. The normalized spacial score (nSPS) is 13.1. The Labute approximate surface area is 171 Å². The smallest absolute Gasteiger partial charge is 0.364 e. The predicted octanol–water partition coefficient (Wildman–Crippen LogP) is 4.34.